The van der Waals surface area contributed by atoms with Gasteiger partial charge in [-0.2, -0.15) is 0 Å². The van der Waals surface area contributed by atoms with Crippen LogP contribution < -0.4 is 5.56 Å². The summed E-state index contributed by atoms with van der Waals surface area (Å²) in [6, 6.07) is 11.1. The highest BCUT2D eigenvalue weighted by atomic mass is 32.1. The van der Waals surface area contributed by atoms with E-state index in [0.29, 0.717) is 23.2 Å². The maximum atomic E-state index is 12.9. The number of thiophene rings is 1. The van der Waals surface area contributed by atoms with Gasteiger partial charge in [-0.1, -0.05) is 44.2 Å². The molecular formula is C19H20N2O3S. The molecule has 0 aliphatic carbocycles. The van der Waals surface area contributed by atoms with Gasteiger partial charge in [-0.25, -0.2) is 9.78 Å². The van der Waals surface area contributed by atoms with Crippen molar-refractivity contribution < 1.29 is 9.53 Å². The SMILES string of the molecule is CCCOC(=O)[C@@H](CC)n1cnc2sc(-c3ccccc3)cc2c1=O. The number of esters is 1. The molecule has 1 atom stereocenters. The van der Waals surface area contributed by atoms with E-state index in [1.165, 1.54) is 22.2 Å². The van der Waals surface area contributed by atoms with Crippen LogP contribution in [0.2, 0.25) is 0 Å². The highest BCUT2D eigenvalue weighted by Crippen LogP contribution is 2.30. The van der Waals surface area contributed by atoms with E-state index in [1.54, 1.807) is 0 Å². The Morgan fingerprint density at radius 1 is 1.28 bits per heavy atom. The van der Waals surface area contributed by atoms with Crippen molar-refractivity contribution in [1.82, 2.24) is 9.55 Å². The fourth-order valence-electron chi connectivity index (χ4n) is 2.68. The van der Waals surface area contributed by atoms with E-state index in [2.05, 4.69) is 4.98 Å². The molecule has 25 heavy (non-hydrogen) atoms. The van der Waals surface area contributed by atoms with Gasteiger partial charge >= 0.3 is 5.97 Å². The standard InChI is InChI=1S/C19H20N2O3S/c1-3-10-24-19(23)15(4-2)21-12-20-17-14(18(21)22)11-16(25-17)13-8-6-5-7-9-13/h5-9,11-12,15H,3-4,10H2,1-2H3/t15-/m1/s1. The van der Waals surface area contributed by atoms with Crippen LogP contribution in [0.1, 0.15) is 32.7 Å². The van der Waals surface area contributed by atoms with Crippen molar-refractivity contribution in [1.29, 1.82) is 0 Å². The van der Waals surface area contributed by atoms with Crippen molar-refractivity contribution in [3.8, 4) is 10.4 Å². The highest BCUT2D eigenvalue weighted by molar-refractivity contribution is 7.21. The molecule has 0 saturated heterocycles. The third-order valence-corrected chi connectivity index (χ3v) is 5.07. The normalized spacial score (nSPS) is 12.2. The van der Waals surface area contributed by atoms with Crippen LogP contribution in [-0.4, -0.2) is 22.1 Å². The molecule has 3 aromatic rings. The number of hydrogen-bond acceptors (Lipinski definition) is 5. The Bertz CT molecular complexity index is 931. The molecule has 0 unspecified atom stereocenters. The molecule has 0 fully saturated rings. The number of benzene rings is 1. The Balaban J connectivity index is 2.02. The minimum absolute atomic E-state index is 0.205. The lowest BCUT2D eigenvalue weighted by atomic mass is 10.2. The first-order chi connectivity index (χ1) is 12.2. The molecule has 5 nitrogen and oxygen atoms in total. The maximum Gasteiger partial charge on any atom is 0.329 e. The molecule has 130 valence electrons. The summed E-state index contributed by atoms with van der Waals surface area (Å²) in [6.07, 6.45) is 2.68. The molecule has 2 heterocycles. The van der Waals surface area contributed by atoms with Gasteiger partial charge in [-0.15, -0.1) is 11.3 Å². The summed E-state index contributed by atoms with van der Waals surface area (Å²) in [7, 11) is 0. The highest BCUT2D eigenvalue weighted by Gasteiger charge is 2.22. The zero-order chi connectivity index (χ0) is 17.8. The summed E-state index contributed by atoms with van der Waals surface area (Å²) >= 11 is 1.47. The van der Waals surface area contributed by atoms with Crippen LogP contribution in [0, 0.1) is 0 Å². The predicted molar refractivity (Wildman–Crippen MR) is 99.9 cm³/mol. The average molecular weight is 356 g/mol. The molecule has 0 spiro atoms. The van der Waals surface area contributed by atoms with Crippen LogP contribution >= 0.6 is 11.3 Å². The van der Waals surface area contributed by atoms with Crippen LogP contribution in [0.25, 0.3) is 20.7 Å². The van der Waals surface area contributed by atoms with Gasteiger partial charge in [0.05, 0.1) is 18.3 Å². The first kappa shape index (κ1) is 17.4. The summed E-state index contributed by atoms with van der Waals surface area (Å²) < 4.78 is 6.61. The Kier molecular flexibility index (Phi) is 5.28. The topological polar surface area (TPSA) is 61.2 Å². The molecule has 0 amide bonds. The number of aromatic nitrogens is 2. The summed E-state index contributed by atoms with van der Waals surface area (Å²) in [4.78, 5) is 31.2. The second-order valence-corrected chi connectivity index (χ2v) is 6.77. The molecule has 0 aliphatic rings. The molecule has 0 saturated carbocycles. The third-order valence-electron chi connectivity index (χ3n) is 3.98. The molecule has 6 heteroatoms. The summed E-state index contributed by atoms with van der Waals surface area (Å²) in [5.41, 5.74) is 0.842. The van der Waals surface area contributed by atoms with E-state index in [-0.39, 0.29) is 11.5 Å². The van der Waals surface area contributed by atoms with E-state index >= 15 is 0 Å². The molecular weight excluding hydrogens is 336 g/mol. The van der Waals surface area contributed by atoms with Crippen molar-refractivity contribution in [2.45, 2.75) is 32.7 Å². The fourth-order valence-corrected chi connectivity index (χ4v) is 3.67. The zero-order valence-corrected chi connectivity index (χ0v) is 15.1. The molecule has 0 bridgehead atoms. The largest absolute Gasteiger partial charge is 0.464 e. The molecule has 0 radical (unpaired) electrons. The minimum Gasteiger partial charge on any atom is -0.464 e. The monoisotopic (exact) mass is 356 g/mol. The Labute approximate surface area is 149 Å². The zero-order valence-electron chi connectivity index (χ0n) is 14.3. The van der Waals surface area contributed by atoms with Crippen LogP contribution in [-0.2, 0) is 9.53 Å². The molecule has 2 aromatic heterocycles. The van der Waals surface area contributed by atoms with Crippen molar-refractivity contribution in [2.24, 2.45) is 0 Å². The van der Waals surface area contributed by atoms with Crippen molar-refractivity contribution >= 4 is 27.5 Å². The molecule has 0 aliphatic heterocycles. The smallest absolute Gasteiger partial charge is 0.329 e. The predicted octanol–water partition coefficient (Wildman–Crippen LogP) is 4.03. The molecule has 0 N–H and O–H groups in total. The maximum absolute atomic E-state index is 12.9. The van der Waals surface area contributed by atoms with Crippen molar-refractivity contribution in [2.75, 3.05) is 6.61 Å². The van der Waals surface area contributed by atoms with Gasteiger partial charge in [0.25, 0.3) is 5.56 Å². The Hall–Kier alpha value is -2.47. The Morgan fingerprint density at radius 3 is 2.72 bits per heavy atom. The van der Waals surface area contributed by atoms with Crippen molar-refractivity contribution in [3.63, 3.8) is 0 Å². The molecule has 1 aromatic carbocycles. The first-order valence-electron chi connectivity index (χ1n) is 8.38. The van der Waals surface area contributed by atoms with Gasteiger partial charge in [-0.05, 0) is 24.5 Å². The number of ether oxygens (including phenoxy) is 1. The summed E-state index contributed by atoms with van der Waals surface area (Å²) in [6.45, 7) is 4.15. The van der Waals surface area contributed by atoms with E-state index in [0.717, 1.165) is 16.9 Å². The lowest BCUT2D eigenvalue weighted by Gasteiger charge is -2.16. The summed E-state index contributed by atoms with van der Waals surface area (Å²) in [5, 5.41) is 0.535. The van der Waals surface area contributed by atoms with Crippen LogP contribution in [0.3, 0.4) is 0 Å². The van der Waals surface area contributed by atoms with Crippen LogP contribution in [0.5, 0.6) is 0 Å². The summed E-state index contributed by atoms with van der Waals surface area (Å²) in [5.74, 6) is -0.383. The van der Waals surface area contributed by atoms with E-state index in [9.17, 15) is 9.59 Å². The van der Waals surface area contributed by atoms with Gasteiger partial charge in [0.2, 0.25) is 0 Å². The number of carbonyl (C=O) groups is 1. The minimum atomic E-state index is -0.643. The lowest BCUT2D eigenvalue weighted by molar-refractivity contribution is -0.147. The number of fused-ring (bicyclic) bond motifs is 1. The average Bonchev–Trinajstić information content (AvgIpc) is 3.08. The third kappa shape index (κ3) is 3.49. The van der Waals surface area contributed by atoms with E-state index < -0.39 is 6.04 Å². The second-order valence-electron chi connectivity index (χ2n) is 5.74. The van der Waals surface area contributed by atoms with Crippen LogP contribution in [0.15, 0.2) is 47.5 Å². The number of rotatable bonds is 6. The van der Waals surface area contributed by atoms with Gasteiger partial charge < -0.3 is 4.74 Å². The van der Waals surface area contributed by atoms with Gasteiger partial charge in [0.15, 0.2) is 0 Å². The first-order valence-corrected chi connectivity index (χ1v) is 9.20. The number of carbonyl (C=O) groups excluding carboxylic acids is 1. The van der Waals surface area contributed by atoms with E-state index in [4.69, 9.17) is 4.74 Å². The van der Waals surface area contributed by atoms with Gasteiger partial charge in [0, 0.05) is 4.88 Å². The van der Waals surface area contributed by atoms with Gasteiger partial charge in [0.1, 0.15) is 10.9 Å². The number of nitrogens with zero attached hydrogens (tertiary/aromatic N) is 2. The van der Waals surface area contributed by atoms with Crippen molar-refractivity contribution in [3.05, 3.63) is 53.1 Å². The quantitative estimate of drug-likeness (QED) is 0.626. The molecule has 3 rings (SSSR count). The van der Waals surface area contributed by atoms with Gasteiger partial charge in [-0.3, -0.25) is 9.36 Å². The van der Waals surface area contributed by atoms with E-state index in [1.807, 2.05) is 50.2 Å². The van der Waals surface area contributed by atoms with Crippen LogP contribution in [0.4, 0.5) is 0 Å². The number of hydrogen-bond donors (Lipinski definition) is 0. The second kappa shape index (κ2) is 7.61. The fraction of sp³-hybridized carbons (Fsp3) is 0.316. The Morgan fingerprint density at radius 2 is 2.04 bits per heavy atom. The lowest BCUT2D eigenvalue weighted by Crippen LogP contribution is -2.31.